The first-order chi connectivity index (χ1) is 7.62. The van der Waals surface area contributed by atoms with Gasteiger partial charge in [-0.15, -0.1) is 0 Å². The monoisotopic (exact) mass is 262 g/mol. The van der Waals surface area contributed by atoms with Crippen molar-refractivity contribution in [2.75, 3.05) is 13.7 Å². The minimum Gasteiger partial charge on any atom is -0.467 e. The van der Waals surface area contributed by atoms with Crippen LogP contribution in [0.4, 0.5) is 0 Å². The van der Waals surface area contributed by atoms with Gasteiger partial charge in [-0.3, -0.25) is 0 Å². The van der Waals surface area contributed by atoms with Crippen LogP contribution >= 0.6 is 0 Å². The molecular weight excluding hydrogens is 236 g/mol. The predicted molar refractivity (Wildman–Crippen MR) is 70.4 cm³/mol. The summed E-state index contributed by atoms with van der Waals surface area (Å²) in [6, 6.07) is 0. The average molecular weight is 262 g/mol. The molecule has 1 N–H and O–H groups in total. The summed E-state index contributed by atoms with van der Waals surface area (Å²) >= 11 is 0. The zero-order valence-electron chi connectivity index (χ0n) is 11.9. The minimum absolute atomic E-state index is 0.188. The summed E-state index contributed by atoms with van der Waals surface area (Å²) in [5, 5.41) is 9.58. The van der Waals surface area contributed by atoms with Gasteiger partial charge >= 0.3 is 5.97 Å². The molecule has 0 heterocycles. The Hall–Kier alpha value is -0.393. The summed E-state index contributed by atoms with van der Waals surface area (Å²) < 4.78 is 10.4. The summed E-state index contributed by atoms with van der Waals surface area (Å²) in [4.78, 5) is 11.0. The molecule has 0 aromatic rings. The number of hydrogen-bond acceptors (Lipinski definition) is 4. The maximum Gasteiger partial charge on any atom is 0.334 e. The number of aliphatic hydroxyl groups is 1. The van der Waals surface area contributed by atoms with Crippen LogP contribution in [0, 0.1) is 0 Å². The van der Waals surface area contributed by atoms with Crippen molar-refractivity contribution in [3.8, 4) is 0 Å². The van der Waals surface area contributed by atoms with E-state index in [1.807, 2.05) is 0 Å². The van der Waals surface area contributed by atoms with E-state index < -0.39 is 20.4 Å². The molecule has 0 saturated heterocycles. The Bertz CT molecular complexity index is 245. The van der Waals surface area contributed by atoms with Gasteiger partial charge in [0.15, 0.2) is 14.4 Å². The van der Waals surface area contributed by atoms with E-state index in [4.69, 9.17) is 4.43 Å². The van der Waals surface area contributed by atoms with Crippen LogP contribution < -0.4 is 0 Å². The smallest absolute Gasteiger partial charge is 0.334 e. The third-order valence-electron chi connectivity index (χ3n) is 3.36. The molecule has 1 atom stereocenters. The fourth-order valence-corrected chi connectivity index (χ4v) is 2.16. The van der Waals surface area contributed by atoms with Gasteiger partial charge < -0.3 is 14.3 Å². The third-order valence-corrected chi connectivity index (χ3v) is 7.90. The van der Waals surface area contributed by atoms with Gasteiger partial charge in [0.2, 0.25) is 0 Å². The summed E-state index contributed by atoms with van der Waals surface area (Å²) in [5.41, 5.74) is 0. The Morgan fingerprint density at radius 1 is 1.35 bits per heavy atom. The summed E-state index contributed by atoms with van der Waals surface area (Å²) in [6.07, 6.45) is 0.0346. The van der Waals surface area contributed by atoms with Crippen LogP contribution in [0.5, 0.6) is 0 Å². The van der Waals surface area contributed by atoms with Crippen LogP contribution in [-0.2, 0) is 14.0 Å². The minimum atomic E-state index is -1.71. The lowest BCUT2D eigenvalue weighted by atomic mass is 10.2. The highest BCUT2D eigenvalue weighted by atomic mass is 28.4. The van der Waals surface area contributed by atoms with Crippen LogP contribution in [-0.4, -0.2) is 39.2 Å². The molecule has 0 aliphatic rings. The van der Waals surface area contributed by atoms with E-state index in [0.717, 1.165) is 0 Å². The van der Waals surface area contributed by atoms with Gasteiger partial charge in [0.25, 0.3) is 0 Å². The van der Waals surface area contributed by atoms with Crippen molar-refractivity contribution in [1.82, 2.24) is 0 Å². The molecule has 0 aliphatic carbocycles. The number of hydrogen-bond donors (Lipinski definition) is 1. The van der Waals surface area contributed by atoms with Crippen molar-refractivity contribution in [2.24, 2.45) is 0 Å². The lowest BCUT2D eigenvalue weighted by Gasteiger charge is -2.36. The first-order valence-electron chi connectivity index (χ1n) is 6.01. The van der Waals surface area contributed by atoms with Gasteiger partial charge in [-0.05, 0) is 31.0 Å². The second kappa shape index (κ2) is 6.52. The molecular formula is C12H26O4Si. The highest BCUT2D eigenvalue weighted by molar-refractivity contribution is 6.74. The van der Waals surface area contributed by atoms with Crippen molar-refractivity contribution in [3.63, 3.8) is 0 Å². The Balaban J connectivity index is 3.90. The Labute approximate surface area is 105 Å². The highest BCUT2D eigenvalue weighted by Gasteiger charge is 2.36. The largest absolute Gasteiger partial charge is 0.467 e. The van der Waals surface area contributed by atoms with Crippen LogP contribution in [0.25, 0.3) is 0 Å². The number of ether oxygens (including phenoxy) is 1. The molecule has 1 unspecified atom stereocenters. The second-order valence-corrected chi connectivity index (χ2v) is 10.6. The lowest BCUT2D eigenvalue weighted by Crippen LogP contribution is -2.41. The number of carbonyl (C=O) groups excluding carboxylic acids is 1. The van der Waals surface area contributed by atoms with E-state index in [0.29, 0.717) is 19.4 Å². The highest BCUT2D eigenvalue weighted by Crippen LogP contribution is 2.36. The zero-order chi connectivity index (χ0) is 13.7. The van der Waals surface area contributed by atoms with Crippen molar-refractivity contribution in [2.45, 2.75) is 57.8 Å². The maximum atomic E-state index is 11.0. The number of esters is 1. The number of methoxy groups -OCH3 is 1. The van der Waals surface area contributed by atoms with E-state index >= 15 is 0 Å². The SMILES string of the molecule is COC(=O)C(O)CCCO[Si](C)(C)C(C)(C)C. The van der Waals surface area contributed by atoms with Gasteiger partial charge in [-0.2, -0.15) is 0 Å². The summed E-state index contributed by atoms with van der Waals surface area (Å²) in [7, 11) is -0.435. The van der Waals surface area contributed by atoms with Gasteiger partial charge in [0, 0.05) is 6.61 Å². The molecule has 0 aromatic carbocycles. The lowest BCUT2D eigenvalue weighted by molar-refractivity contribution is -0.150. The molecule has 0 radical (unpaired) electrons. The maximum absolute atomic E-state index is 11.0. The average Bonchev–Trinajstić information content (AvgIpc) is 2.21. The van der Waals surface area contributed by atoms with Gasteiger partial charge in [0.1, 0.15) is 0 Å². The normalized spacial score (nSPS) is 14.5. The number of carbonyl (C=O) groups is 1. The Morgan fingerprint density at radius 3 is 2.29 bits per heavy atom. The van der Waals surface area contributed by atoms with Crippen LogP contribution in [0.15, 0.2) is 0 Å². The predicted octanol–water partition coefficient (Wildman–Crippen LogP) is 2.32. The second-order valence-electron chi connectivity index (χ2n) is 5.79. The fraction of sp³-hybridized carbons (Fsp3) is 0.917. The quantitative estimate of drug-likeness (QED) is 0.453. The fourth-order valence-electron chi connectivity index (χ4n) is 1.07. The molecule has 4 nitrogen and oxygen atoms in total. The Kier molecular flexibility index (Phi) is 6.36. The van der Waals surface area contributed by atoms with E-state index in [2.05, 4.69) is 38.6 Å². The van der Waals surface area contributed by atoms with Crippen molar-refractivity contribution in [1.29, 1.82) is 0 Å². The number of rotatable bonds is 6. The van der Waals surface area contributed by atoms with Crippen molar-refractivity contribution < 1.29 is 19.1 Å². The van der Waals surface area contributed by atoms with E-state index in [1.54, 1.807) is 0 Å². The summed E-state index contributed by atoms with van der Waals surface area (Å²) in [6.45, 7) is 11.5. The van der Waals surface area contributed by atoms with Crippen molar-refractivity contribution >= 4 is 14.3 Å². The van der Waals surface area contributed by atoms with Crippen LogP contribution in [0.3, 0.4) is 0 Å². The molecule has 0 amide bonds. The molecule has 0 aliphatic heterocycles. The first-order valence-corrected chi connectivity index (χ1v) is 8.92. The molecule has 0 saturated carbocycles. The molecule has 0 rings (SSSR count). The zero-order valence-corrected chi connectivity index (χ0v) is 12.9. The first kappa shape index (κ1) is 16.6. The standard InChI is InChI=1S/C12H26O4Si/c1-12(2,3)17(5,6)16-9-7-8-10(13)11(14)15-4/h10,13H,7-9H2,1-6H3. The van der Waals surface area contributed by atoms with Gasteiger partial charge in [-0.25, -0.2) is 4.79 Å². The van der Waals surface area contributed by atoms with Crippen LogP contribution in [0.2, 0.25) is 18.1 Å². The molecule has 0 aromatic heterocycles. The Morgan fingerprint density at radius 2 is 1.88 bits per heavy atom. The topological polar surface area (TPSA) is 55.8 Å². The molecule has 5 heteroatoms. The van der Waals surface area contributed by atoms with Gasteiger partial charge in [-0.1, -0.05) is 20.8 Å². The van der Waals surface area contributed by atoms with Crippen molar-refractivity contribution in [3.05, 3.63) is 0 Å². The molecule has 0 bridgehead atoms. The molecule has 0 spiro atoms. The number of aliphatic hydroxyl groups excluding tert-OH is 1. The molecule has 0 fully saturated rings. The van der Waals surface area contributed by atoms with Crippen LogP contribution in [0.1, 0.15) is 33.6 Å². The van der Waals surface area contributed by atoms with E-state index in [9.17, 15) is 9.90 Å². The van der Waals surface area contributed by atoms with E-state index in [-0.39, 0.29) is 5.04 Å². The van der Waals surface area contributed by atoms with Gasteiger partial charge in [0.05, 0.1) is 7.11 Å². The summed E-state index contributed by atoms with van der Waals surface area (Å²) in [5.74, 6) is -0.572. The molecule has 102 valence electrons. The van der Waals surface area contributed by atoms with E-state index in [1.165, 1.54) is 7.11 Å². The molecule has 17 heavy (non-hydrogen) atoms. The third kappa shape index (κ3) is 5.65.